The second-order valence-corrected chi connectivity index (χ2v) is 5.99. The molecule has 0 radical (unpaired) electrons. The highest BCUT2D eigenvalue weighted by molar-refractivity contribution is 6.42. The van der Waals surface area contributed by atoms with E-state index in [-0.39, 0.29) is 17.3 Å². The van der Waals surface area contributed by atoms with E-state index in [1.165, 1.54) is 4.68 Å². The second kappa shape index (κ2) is 7.10. The number of halogens is 2. The van der Waals surface area contributed by atoms with Crippen LogP contribution in [0.15, 0.2) is 27.9 Å². The van der Waals surface area contributed by atoms with Crippen LogP contribution in [0.1, 0.15) is 28.7 Å². The van der Waals surface area contributed by atoms with Crippen molar-refractivity contribution in [2.24, 2.45) is 5.10 Å². The number of hydrogen-bond acceptors (Lipinski definition) is 8. The molecule has 2 aromatic heterocycles. The van der Waals surface area contributed by atoms with Crippen molar-refractivity contribution in [2.75, 3.05) is 5.73 Å². The standard InChI is InChI=1S/C14H12Cl2N8O2/c1-6(8-3-4-9(15)10(16)5-8)18-20-14(25)11-7(2)24(23-19-11)13-12(17)21-26-22-13/h3-5H,1-2H3,(H2,17,21)(H,20,25)/b18-6+. The molecule has 0 aliphatic rings. The molecule has 1 aromatic carbocycles. The molecule has 0 aliphatic heterocycles. The molecule has 26 heavy (non-hydrogen) atoms. The Morgan fingerprint density at radius 1 is 1.31 bits per heavy atom. The van der Waals surface area contributed by atoms with Crippen molar-refractivity contribution < 1.29 is 9.42 Å². The van der Waals surface area contributed by atoms with E-state index in [4.69, 9.17) is 28.9 Å². The third kappa shape index (κ3) is 3.37. The fourth-order valence-electron chi connectivity index (χ4n) is 2.05. The lowest BCUT2D eigenvalue weighted by Crippen LogP contribution is -2.21. The van der Waals surface area contributed by atoms with Crippen LogP contribution in [0.3, 0.4) is 0 Å². The number of rotatable bonds is 4. The molecular weight excluding hydrogens is 383 g/mol. The van der Waals surface area contributed by atoms with Gasteiger partial charge in [-0.1, -0.05) is 34.5 Å². The average molecular weight is 395 g/mol. The summed E-state index contributed by atoms with van der Waals surface area (Å²) in [4.78, 5) is 12.3. The highest BCUT2D eigenvalue weighted by atomic mass is 35.5. The summed E-state index contributed by atoms with van der Waals surface area (Å²) >= 11 is 11.9. The Labute approximate surface area is 156 Å². The zero-order valence-corrected chi connectivity index (χ0v) is 15.1. The van der Waals surface area contributed by atoms with Gasteiger partial charge in [-0.05, 0) is 41.9 Å². The maximum absolute atomic E-state index is 12.3. The Balaban J connectivity index is 1.79. The van der Waals surface area contributed by atoms with Gasteiger partial charge < -0.3 is 5.73 Å². The zero-order chi connectivity index (χ0) is 18.8. The van der Waals surface area contributed by atoms with E-state index in [0.717, 1.165) is 0 Å². The van der Waals surface area contributed by atoms with Gasteiger partial charge in [-0.3, -0.25) is 4.79 Å². The van der Waals surface area contributed by atoms with Crippen LogP contribution in [0.2, 0.25) is 10.0 Å². The molecular formula is C14H12Cl2N8O2. The first-order chi connectivity index (χ1) is 12.4. The highest BCUT2D eigenvalue weighted by Crippen LogP contribution is 2.22. The third-order valence-corrected chi connectivity index (χ3v) is 4.21. The molecule has 134 valence electrons. The summed E-state index contributed by atoms with van der Waals surface area (Å²) in [5.74, 6) is -0.383. The Hall–Kier alpha value is -2.98. The summed E-state index contributed by atoms with van der Waals surface area (Å²) in [6, 6.07) is 5.03. The van der Waals surface area contributed by atoms with Crippen LogP contribution in [-0.4, -0.2) is 36.9 Å². The van der Waals surface area contributed by atoms with Gasteiger partial charge >= 0.3 is 0 Å². The van der Waals surface area contributed by atoms with Gasteiger partial charge in [0.1, 0.15) is 0 Å². The third-order valence-electron chi connectivity index (χ3n) is 3.47. The number of carbonyl (C=O) groups excluding carboxylic acids is 1. The fourth-order valence-corrected chi connectivity index (χ4v) is 2.35. The molecule has 3 aromatic rings. The molecule has 0 aliphatic carbocycles. The summed E-state index contributed by atoms with van der Waals surface area (Å²) in [5.41, 5.74) is 9.72. The molecule has 3 rings (SSSR count). The minimum absolute atomic E-state index is 0.0263. The van der Waals surface area contributed by atoms with Crippen molar-refractivity contribution in [1.29, 1.82) is 0 Å². The summed E-state index contributed by atoms with van der Waals surface area (Å²) in [6.45, 7) is 3.34. The van der Waals surface area contributed by atoms with Crippen LogP contribution < -0.4 is 11.2 Å². The number of hydrazone groups is 1. The van der Waals surface area contributed by atoms with Crippen LogP contribution >= 0.6 is 23.2 Å². The smallest absolute Gasteiger partial charge is 0.293 e. The Morgan fingerprint density at radius 3 is 2.73 bits per heavy atom. The van der Waals surface area contributed by atoms with E-state index in [1.807, 2.05) is 0 Å². The SMILES string of the molecule is C/C(=N\NC(=O)c1nnn(-c2nonc2N)c1C)c1ccc(Cl)c(Cl)c1. The van der Waals surface area contributed by atoms with Gasteiger partial charge in [0.25, 0.3) is 5.91 Å². The normalized spacial score (nSPS) is 11.6. The summed E-state index contributed by atoms with van der Waals surface area (Å²) in [6.07, 6.45) is 0. The maximum Gasteiger partial charge on any atom is 0.293 e. The predicted octanol–water partition coefficient (Wildman–Crippen LogP) is 2.00. The van der Waals surface area contributed by atoms with Crippen molar-refractivity contribution in [1.82, 2.24) is 30.7 Å². The van der Waals surface area contributed by atoms with E-state index < -0.39 is 5.91 Å². The Kier molecular flexibility index (Phi) is 4.87. The molecule has 0 unspecified atom stereocenters. The topological polar surface area (TPSA) is 137 Å². The second-order valence-electron chi connectivity index (χ2n) is 5.18. The predicted molar refractivity (Wildman–Crippen MR) is 94.5 cm³/mol. The number of nitrogens with one attached hydrogen (secondary N) is 1. The molecule has 0 saturated carbocycles. The molecule has 3 N–H and O–H groups in total. The largest absolute Gasteiger partial charge is 0.378 e. The molecule has 0 spiro atoms. The first-order valence-electron chi connectivity index (χ1n) is 7.19. The van der Waals surface area contributed by atoms with E-state index in [9.17, 15) is 4.79 Å². The number of amides is 1. The highest BCUT2D eigenvalue weighted by Gasteiger charge is 2.20. The van der Waals surface area contributed by atoms with Gasteiger partial charge in [-0.15, -0.1) is 5.10 Å². The number of nitrogens with two attached hydrogens (primary N) is 1. The van der Waals surface area contributed by atoms with Crippen molar-refractivity contribution >= 4 is 40.6 Å². The van der Waals surface area contributed by atoms with E-state index >= 15 is 0 Å². The van der Waals surface area contributed by atoms with Gasteiger partial charge in [-0.25, -0.2) is 10.1 Å². The number of carbonyl (C=O) groups is 1. The van der Waals surface area contributed by atoms with Crippen molar-refractivity contribution in [3.8, 4) is 5.82 Å². The molecule has 0 fully saturated rings. The molecule has 0 atom stereocenters. The van der Waals surface area contributed by atoms with Crippen LogP contribution in [0, 0.1) is 6.92 Å². The van der Waals surface area contributed by atoms with Gasteiger partial charge in [0, 0.05) is 0 Å². The molecule has 1 amide bonds. The lowest BCUT2D eigenvalue weighted by molar-refractivity contribution is 0.0949. The van der Waals surface area contributed by atoms with Crippen LogP contribution in [0.25, 0.3) is 5.82 Å². The number of benzene rings is 1. The average Bonchev–Trinajstić information content (AvgIpc) is 3.20. The summed E-state index contributed by atoms with van der Waals surface area (Å²) in [5, 5.41) is 19.6. The lowest BCUT2D eigenvalue weighted by Gasteiger charge is -2.04. The minimum atomic E-state index is -0.553. The van der Waals surface area contributed by atoms with Crippen LogP contribution in [0.4, 0.5) is 5.82 Å². The monoisotopic (exact) mass is 394 g/mol. The maximum atomic E-state index is 12.3. The number of nitrogen functional groups attached to an aromatic ring is 1. The zero-order valence-electron chi connectivity index (χ0n) is 13.6. The van der Waals surface area contributed by atoms with Crippen LogP contribution in [0.5, 0.6) is 0 Å². The Morgan fingerprint density at radius 2 is 2.08 bits per heavy atom. The first kappa shape index (κ1) is 17.8. The first-order valence-corrected chi connectivity index (χ1v) is 7.95. The van der Waals surface area contributed by atoms with Crippen molar-refractivity contribution in [3.63, 3.8) is 0 Å². The van der Waals surface area contributed by atoms with Gasteiger partial charge in [-0.2, -0.15) is 9.78 Å². The van der Waals surface area contributed by atoms with E-state index in [0.29, 0.717) is 27.0 Å². The van der Waals surface area contributed by atoms with Gasteiger partial charge in [0.05, 0.1) is 21.5 Å². The number of aromatic nitrogens is 5. The van der Waals surface area contributed by atoms with E-state index in [2.05, 4.69) is 35.8 Å². The summed E-state index contributed by atoms with van der Waals surface area (Å²) in [7, 11) is 0. The number of hydrogen-bond donors (Lipinski definition) is 2. The molecule has 10 nitrogen and oxygen atoms in total. The molecule has 0 saturated heterocycles. The van der Waals surface area contributed by atoms with Crippen molar-refractivity contribution in [3.05, 3.63) is 45.2 Å². The van der Waals surface area contributed by atoms with E-state index in [1.54, 1.807) is 32.0 Å². The minimum Gasteiger partial charge on any atom is -0.378 e. The quantitative estimate of drug-likeness (QED) is 0.509. The van der Waals surface area contributed by atoms with Crippen LogP contribution in [-0.2, 0) is 0 Å². The molecule has 12 heteroatoms. The Bertz CT molecular complexity index is 1010. The van der Waals surface area contributed by atoms with Gasteiger partial charge in [0.15, 0.2) is 5.69 Å². The number of nitrogens with zero attached hydrogens (tertiary/aromatic N) is 6. The van der Waals surface area contributed by atoms with Gasteiger partial charge in [0.2, 0.25) is 11.6 Å². The fraction of sp³-hybridized carbons (Fsp3) is 0.143. The molecule has 0 bridgehead atoms. The lowest BCUT2D eigenvalue weighted by atomic mass is 10.1. The van der Waals surface area contributed by atoms with Crippen molar-refractivity contribution in [2.45, 2.75) is 13.8 Å². The summed E-state index contributed by atoms with van der Waals surface area (Å²) < 4.78 is 5.76. The number of anilines is 1. The molecule has 2 heterocycles.